The highest BCUT2D eigenvalue weighted by Gasteiger charge is 2.48. The third-order valence-electron chi connectivity index (χ3n) is 8.53. The van der Waals surface area contributed by atoms with Crippen LogP contribution in [0.25, 0.3) is 0 Å². The van der Waals surface area contributed by atoms with Gasteiger partial charge in [-0.25, -0.2) is 30.7 Å². The Hall–Kier alpha value is -7.58. The molecule has 2 aliphatic rings. The minimum absolute atomic E-state index is 0.102. The number of aliphatic hydroxyl groups excluding tert-OH is 3. The fraction of sp³-hybridized carbons (Fsp3) is 0.745. The summed E-state index contributed by atoms with van der Waals surface area (Å²) in [6, 6.07) is -3.44. The SMILES string of the molecule is CC(C)(C)OC(=O)C[C@@H](CO)C(=O)NN.CC(C)(C)OC(=O)N[C@@H](CO)C(=O)NNC(=O)C(F)(F)F.CC(C)(C)OC(=O)N[C@H]1CN(C(=O)C(F)(F)F)NC1=O.CC(C)(C)OC(=O)N[C@H]1CNNC1=O.COC(=O)[C@H](CO)CC(=O)OC(C)(C)C. The number of hydrogen-bond acceptors (Lipinski definition) is 23. The van der Waals surface area contributed by atoms with E-state index in [4.69, 9.17) is 44.8 Å². The lowest BCUT2D eigenvalue weighted by molar-refractivity contribution is -0.187. The Morgan fingerprint density at radius 1 is 0.576 bits per heavy atom. The van der Waals surface area contributed by atoms with Crippen LogP contribution in [0.1, 0.15) is 117 Å². The predicted octanol–water partition coefficient (Wildman–Crippen LogP) is -0.772. The van der Waals surface area contributed by atoms with Gasteiger partial charge >= 0.3 is 60.4 Å². The molecule has 2 rings (SSSR count). The topological polar surface area (TPSA) is 458 Å². The highest BCUT2D eigenvalue weighted by Crippen LogP contribution is 2.20. The number of carbonyl (C=O) groups is 12. The first kappa shape index (κ1) is 81.6. The molecule has 32 nitrogen and oxygen atoms in total. The summed E-state index contributed by atoms with van der Waals surface area (Å²) in [5.74, 6) is -6.09. The van der Waals surface area contributed by atoms with Gasteiger partial charge in [-0.3, -0.25) is 70.3 Å². The maximum atomic E-state index is 12.2. The predicted molar refractivity (Wildman–Crippen MR) is 277 cm³/mol. The standard InChI is InChI=1S/C10H16F3N3O5.C10H14F3N3O4.C10H18O5.C9H18N2O4.C8H15N3O3/c1-9(2,3)21-8(20)14-5(4-17)6(18)15-16-7(19)10(11,12)13;1-9(2,3)20-8(19)14-5-4-16(15-6(5)17)7(18)10(11,12)13;1-10(2,3)15-8(12)5-7(6-11)9(13)14-4;1-9(2,3)15-7(13)4-6(5-12)8(14)11-10;1-8(2,3)14-7(13)10-5-4-9-11-6(5)12/h5,17H,4H2,1-3H3,(H,14,20)(H,15,18)(H,16,19);5H,4H2,1-3H3,(H,14,19)(H,15,17);7,11H,5-6H2,1-4H3;6,12H,4-5,10H2,1-3H3,(H,11,14);5,9H,4H2,1-3H3,(H,10,13)(H,11,12)/t2*5-;7-;6-;5-/m00000/s1. The average Bonchev–Trinajstić information content (AvgIpc) is 4.14. The smallest absolute Gasteiger partial charge is 0.469 e. The average molecular weight is 1250 g/mol. The van der Waals surface area contributed by atoms with Crippen molar-refractivity contribution in [2.24, 2.45) is 17.7 Å². The fourth-order valence-corrected chi connectivity index (χ4v) is 5.19. The molecule has 9 amide bonds. The number of methoxy groups -OCH3 is 1. The number of hydrazine groups is 4. The van der Waals surface area contributed by atoms with Crippen LogP contribution >= 0.6 is 0 Å². The summed E-state index contributed by atoms with van der Waals surface area (Å²) in [6.07, 6.45) is -13.2. The zero-order valence-electron chi connectivity index (χ0n) is 49.8. The van der Waals surface area contributed by atoms with Crippen molar-refractivity contribution in [1.82, 2.24) is 53.5 Å². The van der Waals surface area contributed by atoms with Crippen LogP contribution in [0.4, 0.5) is 40.7 Å². The van der Waals surface area contributed by atoms with Crippen LogP contribution in [0, 0.1) is 11.8 Å². The van der Waals surface area contributed by atoms with E-state index in [1.54, 1.807) is 109 Å². The number of esters is 3. The van der Waals surface area contributed by atoms with Gasteiger partial charge in [0.2, 0.25) is 5.91 Å². The second-order valence-corrected chi connectivity index (χ2v) is 22.4. The highest BCUT2D eigenvalue weighted by molar-refractivity contribution is 5.93. The molecule has 0 aromatic heterocycles. The van der Waals surface area contributed by atoms with Gasteiger partial charge in [0.25, 0.3) is 17.7 Å². The minimum atomic E-state index is -5.18. The Labute approximate surface area is 484 Å². The monoisotopic (exact) mass is 1250 g/mol. The number of amides is 9. The second-order valence-electron chi connectivity index (χ2n) is 22.4. The number of rotatable bonds is 13. The van der Waals surface area contributed by atoms with Gasteiger partial charge in [-0.05, 0) is 104 Å². The molecule has 2 saturated heterocycles. The van der Waals surface area contributed by atoms with E-state index in [-0.39, 0.29) is 23.8 Å². The van der Waals surface area contributed by atoms with E-state index in [2.05, 4.69) is 26.2 Å². The Morgan fingerprint density at radius 3 is 1.33 bits per heavy atom. The molecule has 0 spiro atoms. The molecule has 85 heavy (non-hydrogen) atoms. The minimum Gasteiger partial charge on any atom is -0.469 e. The van der Waals surface area contributed by atoms with Gasteiger partial charge in [-0.1, -0.05) is 0 Å². The summed E-state index contributed by atoms with van der Waals surface area (Å²) >= 11 is 0. The molecule has 2 fully saturated rings. The molecule has 5 atom stereocenters. The van der Waals surface area contributed by atoms with E-state index in [1.165, 1.54) is 12.5 Å². The van der Waals surface area contributed by atoms with Crippen molar-refractivity contribution in [3.05, 3.63) is 0 Å². The van der Waals surface area contributed by atoms with E-state index < -0.39 is 162 Å². The van der Waals surface area contributed by atoms with Crippen LogP contribution < -0.4 is 54.3 Å². The van der Waals surface area contributed by atoms with Crippen LogP contribution in [0.15, 0.2) is 0 Å². The van der Waals surface area contributed by atoms with Gasteiger partial charge < -0.3 is 59.7 Å². The first-order chi connectivity index (χ1) is 38.2. The summed E-state index contributed by atoms with van der Waals surface area (Å²) in [5.41, 5.74) is 7.69. The molecule has 0 aromatic rings. The van der Waals surface area contributed by atoms with E-state index in [1.807, 2.05) is 10.7 Å². The number of nitrogens with two attached hydrogens (primary N) is 1. The van der Waals surface area contributed by atoms with Crippen molar-refractivity contribution >= 4 is 71.6 Å². The zero-order chi connectivity index (χ0) is 67.4. The normalized spacial score (nSPS) is 16.0. The number of nitrogens with zero attached hydrogens (tertiary/aromatic N) is 1. The van der Waals surface area contributed by atoms with Crippen LogP contribution in [0.5, 0.6) is 0 Å². The van der Waals surface area contributed by atoms with Crippen LogP contribution in [-0.2, 0) is 71.6 Å². The van der Waals surface area contributed by atoms with Crippen molar-refractivity contribution in [3.63, 3.8) is 0 Å². The molecule has 492 valence electrons. The molecule has 2 heterocycles. The highest BCUT2D eigenvalue weighted by atomic mass is 19.4. The number of ether oxygens (including phenoxy) is 6. The van der Waals surface area contributed by atoms with Crippen LogP contribution in [-0.4, -0.2) is 190 Å². The lowest BCUT2D eigenvalue weighted by atomic mass is 10.1. The van der Waals surface area contributed by atoms with Gasteiger partial charge in [-0.15, -0.1) is 0 Å². The van der Waals surface area contributed by atoms with E-state index in [9.17, 15) is 83.9 Å². The maximum Gasteiger partial charge on any atom is 0.473 e. The number of carbonyl (C=O) groups excluding carboxylic acids is 12. The number of nitrogens with one attached hydrogen (secondary N) is 9. The molecule has 0 aromatic carbocycles. The fourth-order valence-electron chi connectivity index (χ4n) is 5.19. The lowest BCUT2D eigenvalue weighted by Crippen LogP contribution is -2.56. The molecule has 0 unspecified atom stereocenters. The number of alkyl carbamates (subject to hydrolysis) is 3. The Bertz CT molecular complexity index is 2210. The summed E-state index contributed by atoms with van der Waals surface area (Å²) in [7, 11) is 1.21. The maximum absolute atomic E-state index is 12.2. The molecular weight excluding hydrogens is 1170 g/mol. The third-order valence-corrected chi connectivity index (χ3v) is 8.53. The van der Waals surface area contributed by atoms with Crippen LogP contribution in [0.3, 0.4) is 0 Å². The summed E-state index contributed by atoms with van der Waals surface area (Å²) in [4.78, 5) is 134. The first-order valence-corrected chi connectivity index (χ1v) is 25.0. The van der Waals surface area contributed by atoms with Crippen molar-refractivity contribution < 1.29 is 128 Å². The van der Waals surface area contributed by atoms with Gasteiger partial charge in [0.05, 0.1) is 58.2 Å². The summed E-state index contributed by atoms with van der Waals surface area (Å²) in [5, 5.41) is 33.2. The van der Waals surface area contributed by atoms with Crippen molar-refractivity contribution in [2.75, 3.05) is 40.0 Å². The molecule has 38 heteroatoms. The largest absolute Gasteiger partial charge is 0.473 e. The van der Waals surface area contributed by atoms with Crippen LogP contribution in [0.2, 0.25) is 0 Å². The molecule has 0 bridgehead atoms. The van der Waals surface area contributed by atoms with Gasteiger partial charge in [0.1, 0.15) is 46.1 Å². The van der Waals surface area contributed by atoms with Gasteiger partial charge in [-0.2, -0.15) is 26.3 Å². The molecular formula is C47H81F6N11O21. The molecule has 0 saturated carbocycles. The number of hydrogen-bond donors (Lipinski definition) is 13. The van der Waals surface area contributed by atoms with Crippen molar-refractivity contribution in [1.29, 1.82) is 0 Å². The van der Waals surface area contributed by atoms with Crippen molar-refractivity contribution in [2.45, 2.75) is 175 Å². The zero-order valence-corrected chi connectivity index (χ0v) is 49.8. The second kappa shape index (κ2) is 35.7. The number of halogens is 6. The molecule has 0 radical (unpaired) electrons. The number of alkyl halides is 6. The molecule has 2 aliphatic heterocycles. The van der Waals surface area contributed by atoms with Gasteiger partial charge in [0.15, 0.2) is 0 Å². The Morgan fingerprint density at radius 2 is 0.988 bits per heavy atom. The molecule has 14 N–H and O–H groups in total. The van der Waals surface area contributed by atoms with E-state index >= 15 is 0 Å². The summed E-state index contributed by atoms with van der Waals surface area (Å²) < 4.78 is 101. The number of aliphatic hydroxyl groups is 3. The van der Waals surface area contributed by atoms with Crippen molar-refractivity contribution in [3.8, 4) is 0 Å². The Balaban J connectivity index is -0.000000998. The summed E-state index contributed by atoms with van der Waals surface area (Å²) in [6.45, 7) is 23.0. The molecule has 0 aliphatic carbocycles. The quantitative estimate of drug-likeness (QED) is 0.0269. The van der Waals surface area contributed by atoms with Gasteiger partial charge in [0, 0.05) is 6.54 Å². The van der Waals surface area contributed by atoms with E-state index in [0.29, 0.717) is 6.54 Å². The van der Waals surface area contributed by atoms with E-state index in [0.717, 1.165) is 5.43 Å². The lowest BCUT2D eigenvalue weighted by Gasteiger charge is -2.22. The first-order valence-electron chi connectivity index (χ1n) is 25.0. The third kappa shape index (κ3) is 40.3. The Kier molecular flexibility index (Phi) is 34.2.